The van der Waals surface area contributed by atoms with Gasteiger partial charge in [0.25, 0.3) is 0 Å². The maximum absolute atomic E-state index is 3.99. The van der Waals surface area contributed by atoms with Crippen molar-refractivity contribution in [2.24, 2.45) is 0 Å². The molecule has 1 aromatic carbocycles. The Morgan fingerprint density at radius 1 is 1.50 bits per heavy atom. The molecule has 0 aliphatic heterocycles. The molecule has 0 aliphatic rings. The Bertz CT molecular complexity index is 294. The Morgan fingerprint density at radius 3 is 2.75 bits per heavy atom. The van der Waals surface area contributed by atoms with Crippen LogP contribution in [0.3, 0.4) is 0 Å². The van der Waals surface area contributed by atoms with Crippen LogP contribution in [0.15, 0.2) is 35.3 Å². The molecule has 0 nitrogen and oxygen atoms in total. The SMILES string of the molecule is [CH2]C(C=C)c1cc(Br)ccc1I. The van der Waals surface area contributed by atoms with Gasteiger partial charge in [0.15, 0.2) is 0 Å². The normalized spacial score (nSPS) is 12.6. The first-order valence-electron chi connectivity index (χ1n) is 3.55. The molecule has 1 rings (SSSR count). The van der Waals surface area contributed by atoms with Gasteiger partial charge in [-0.2, -0.15) is 0 Å². The van der Waals surface area contributed by atoms with E-state index in [1.54, 1.807) is 0 Å². The smallest absolute Gasteiger partial charge is 0.0178 e. The zero-order chi connectivity index (χ0) is 9.14. The highest BCUT2D eigenvalue weighted by Gasteiger charge is 2.05. The molecule has 0 aliphatic carbocycles. The fraction of sp³-hybridized carbons (Fsp3) is 0.100. The summed E-state index contributed by atoms with van der Waals surface area (Å²) in [5.41, 5.74) is 1.22. The van der Waals surface area contributed by atoms with Crippen LogP contribution in [-0.2, 0) is 0 Å². The first-order chi connectivity index (χ1) is 5.65. The summed E-state index contributed by atoms with van der Waals surface area (Å²) in [5, 5.41) is 0. The first kappa shape index (κ1) is 10.3. The Balaban J connectivity index is 3.12. The molecular weight excluding hydrogens is 327 g/mol. The highest BCUT2D eigenvalue weighted by atomic mass is 127. The van der Waals surface area contributed by atoms with Crippen LogP contribution in [0, 0.1) is 10.5 Å². The molecule has 0 fully saturated rings. The second-order valence-electron chi connectivity index (χ2n) is 2.51. The Morgan fingerprint density at radius 2 is 2.17 bits per heavy atom. The van der Waals surface area contributed by atoms with Crippen molar-refractivity contribution in [3.8, 4) is 0 Å². The lowest BCUT2D eigenvalue weighted by atomic mass is 10.0. The summed E-state index contributed by atoms with van der Waals surface area (Å²) in [6.45, 7) is 7.71. The van der Waals surface area contributed by atoms with Gasteiger partial charge in [-0.05, 0) is 53.3 Å². The minimum Gasteiger partial charge on any atom is -0.102 e. The monoisotopic (exact) mass is 335 g/mol. The van der Waals surface area contributed by atoms with E-state index in [9.17, 15) is 0 Å². The number of hydrogen-bond acceptors (Lipinski definition) is 0. The van der Waals surface area contributed by atoms with Crippen LogP contribution in [0.25, 0.3) is 0 Å². The zero-order valence-electron chi connectivity index (χ0n) is 6.56. The highest BCUT2D eigenvalue weighted by Crippen LogP contribution is 2.25. The summed E-state index contributed by atoms with van der Waals surface area (Å²) >= 11 is 5.74. The molecule has 1 radical (unpaired) electrons. The van der Waals surface area contributed by atoms with Gasteiger partial charge in [0.2, 0.25) is 0 Å². The van der Waals surface area contributed by atoms with Crippen molar-refractivity contribution < 1.29 is 0 Å². The molecule has 0 saturated carbocycles. The summed E-state index contributed by atoms with van der Waals surface area (Å²) in [4.78, 5) is 0. The van der Waals surface area contributed by atoms with E-state index < -0.39 is 0 Å². The number of halogens is 2. The molecular formula is C10H9BrI. The fourth-order valence-electron chi connectivity index (χ4n) is 0.926. The third kappa shape index (κ3) is 2.33. The highest BCUT2D eigenvalue weighted by molar-refractivity contribution is 14.1. The van der Waals surface area contributed by atoms with Gasteiger partial charge in [-0.25, -0.2) is 0 Å². The van der Waals surface area contributed by atoms with Crippen LogP contribution in [0.2, 0.25) is 0 Å². The summed E-state index contributed by atoms with van der Waals surface area (Å²) in [7, 11) is 0. The Labute approximate surface area is 95.3 Å². The Hall–Kier alpha value is 0.170. The van der Waals surface area contributed by atoms with Gasteiger partial charge in [-0.3, -0.25) is 0 Å². The van der Waals surface area contributed by atoms with Crippen LogP contribution < -0.4 is 0 Å². The zero-order valence-corrected chi connectivity index (χ0v) is 10.3. The fourth-order valence-corrected chi connectivity index (χ4v) is 2.04. The molecule has 63 valence electrons. The molecule has 0 amide bonds. The van der Waals surface area contributed by atoms with Crippen molar-refractivity contribution >= 4 is 38.5 Å². The van der Waals surface area contributed by atoms with E-state index in [0.717, 1.165) is 4.47 Å². The molecule has 1 atom stereocenters. The lowest BCUT2D eigenvalue weighted by Crippen LogP contribution is -1.92. The predicted molar refractivity (Wildman–Crippen MR) is 65.2 cm³/mol. The van der Waals surface area contributed by atoms with Crippen LogP contribution in [0.5, 0.6) is 0 Å². The molecule has 0 heterocycles. The maximum atomic E-state index is 3.99. The lowest BCUT2D eigenvalue weighted by Gasteiger charge is -2.08. The number of benzene rings is 1. The second kappa shape index (κ2) is 4.42. The van der Waals surface area contributed by atoms with Crippen molar-refractivity contribution in [3.63, 3.8) is 0 Å². The minimum absolute atomic E-state index is 0.175. The molecule has 0 saturated heterocycles. The number of hydrogen-bond donors (Lipinski definition) is 0. The average Bonchev–Trinajstić information content (AvgIpc) is 2.08. The van der Waals surface area contributed by atoms with Gasteiger partial charge in [-0.1, -0.05) is 22.0 Å². The molecule has 0 N–H and O–H groups in total. The van der Waals surface area contributed by atoms with Crippen molar-refractivity contribution in [2.75, 3.05) is 0 Å². The van der Waals surface area contributed by atoms with Crippen LogP contribution in [0.4, 0.5) is 0 Å². The molecule has 0 aromatic heterocycles. The first-order valence-corrected chi connectivity index (χ1v) is 5.43. The third-order valence-electron chi connectivity index (χ3n) is 1.64. The third-order valence-corrected chi connectivity index (χ3v) is 3.12. The van der Waals surface area contributed by atoms with Gasteiger partial charge >= 0.3 is 0 Å². The van der Waals surface area contributed by atoms with Crippen molar-refractivity contribution in [3.05, 3.63) is 51.4 Å². The van der Waals surface area contributed by atoms with E-state index >= 15 is 0 Å². The molecule has 0 bridgehead atoms. The van der Waals surface area contributed by atoms with Gasteiger partial charge in [-0.15, -0.1) is 6.58 Å². The van der Waals surface area contributed by atoms with Crippen LogP contribution in [0.1, 0.15) is 11.5 Å². The molecule has 1 unspecified atom stereocenters. The second-order valence-corrected chi connectivity index (χ2v) is 4.59. The summed E-state index contributed by atoms with van der Waals surface area (Å²) < 4.78 is 2.32. The minimum atomic E-state index is 0.175. The average molecular weight is 336 g/mol. The van der Waals surface area contributed by atoms with Crippen LogP contribution in [-0.4, -0.2) is 0 Å². The van der Waals surface area contributed by atoms with Crippen LogP contribution >= 0.6 is 38.5 Å². The summed E-state index contributed by atoms with van der Waals surface area (Å²) in [6, 6.07) is 6.18. The van der Waals surface area contributed by atoms with Gasteiger partial charge in [0, 0.05) is 14.0 Å². The van der Waals surface area contributed by atoms with Crippen molar-refractivity contribution in [1.82, 2.24) is 0 Å². The summed E-state index contributed by atoms with van der Waals surface area (Å²) in [6.07, 6.45) is 1.85. The van der Waals surface area contributed by atoms with E-state index in [4.69, 9.17) is 0 Å². The van der Waals surface area contributed by atoms with E-state index in [-0.39, 0.29) is 5.92 Å². The topological polar surface area (TPSA) is 0 Å². The number of allylic oxidation sites excluding steroid dienone is 1. The van der Waals surface area contributed by atoms with E-state index in [2.05, 4.69) is 64.2 Å². The summed E-state index contributed by atoms with van der Waals surface area (Å²) in [5.74, 6) is 0.175. The van der Waals surface area contributed by atoms with Crippen molar-refractivity contribution in [1.29, 1.82) is 0 Å². The maximum Gasteiger partial charge on any atom is 0.0178 e. The van der Waals surface area contributed by atoms with E-state index in [1.165, 1.54) is 9.13 Å². The standard InChI is InChI=1S/C10H9BrI/c1-3-7(2)9-6-8(11)4-5-10(9)12/h3-7H,1-2H2. The molecule has 0 spiro atoms. The molecule has 2 heteroatoms. The number of rotatable bonds is 2. The van der Waals surface area contributed by atoms with Gasteiger partial charge in [0.05, 0.1) is 0 Å². The van der Waals surface area contributed by atoms with E-state index in [0.29, 0.717) is 0 Å². The van der Waals surface area contributed by atoms with Gasteiger partial charge in [0.1, 0.15) is 0 Å². The molecule has 1 aromatic rings. The lowest BCUT2D eigenvalue weighted by molar-refractivity contribution is 1.07. The van der Waals surface area contributed by atoms with Crippen molar-refractivity contribution in [2.45, 2.75) is 5.92 Å². The Kier molecular flexibility index (Phi) is 3.77. The largest absolute Gasteiger partial charge is 0.102 e. The molecule has 12 heavy (non-hydrogen) atoms. The van der Waals surface area contributed by atoms with Gasteiger partial charge < -0.3 is 0 Å². The van der Waals surface area contributed by atoms with E-state index in [1.807, 2.05) is 12.1 Å². The quantitative estimate of drug-likeness (QED) is 0.562. The predicted octanol–water partition coefficient (Wildman–Crippen LogP) is 4.16.